The van der Waals surface area contributed by atoms with Crippen molar-refractivity contribution in [3.8, 4) is 0 Å². The predicted molar refractivity (Wildman–Crippen MR) is 118 cm³/mol. The number of nitro groups is 1. The van der Waals surface area contributed by atoms with Crippen LogP contribution in [0.3, 0.4) is 0 Å². The fourth-order valence-corrected chi connectivity index (χ4v) is 3.53. The van der Waals surface area contributed by atoms with Crippen LogP contribution < -0.4 is 15.5 Å². The first-order valence-electron chi connectivity index (χ1n) is 10.2. The monoisotopic (exact) mass is 426 g/mol. The van der Waals surface area contributed by atoms with Crippen LogP contribution in [0.15, 0.2) is 42.5 Å². The van der Waals surface area contributed by atoms with Gasteiger partial charge in [-0.2, -0.15) is 0 Å². The zero-order valence-corrected chi connectivity index (χ0v) is 17.4. The van der Waals surface area contributed by atoms with Crippen LogP contribution >= 0.6 is 0 Å². The van der Waals surface area contributed by atoms with Gasteiger partial charge < -0.3 is 20.3 Å². The second kappa shape index (κ2) is 10.5. The SMILES string of the molecule is COCCNC(=O)c1cc(NC(=O)c2cccc([N+](=O)[O-])c2)ccc1N1CCCCC1. The third kappa shape index (κ3) is 5.79. The molecule has 9 nitrogen and oxygen atoms in total. The van der Waals surface area contributed by atoms with E-state index in [2.05, 4.69) is 15.5 Å². The summed E-state index contributed by atoms with van der Waals surface area (Å²) in [4.78, 5) is 38.0. The van der Waals surface area contributed by atoms with Gasteiger partial charge in [-0.15, -0.1) is 0 Å². The number of anilines is 2. The van der Waals surface area contributed by atoms with E-state index in [0.717, 1.165) is 31.6 Å². The van der Waals surface area contributed by atoms with Crippen LogP contribution in [0.5, 0.6) is 0 Å². The van der Waals surface area contributed by atoms with E-state index >= 15 is 0 Å². The number of non-ortho nitro benzene ring substituents is 1. The average molecular weight is 426 g/mol. The number of benzene rings is 2. The minimum Gasteiger partial charge on any atom is -0.383 e. The van der Waals surface area contributed by atoms with E-state index < -0.39 is 10.8 Å². The summed E-state index contributed by atoms with van der Waals surface area (Å²) in [5.41, 5.74) is 1.73. The van der Waals surface area contributed by atoms with Crippen LogP contribution in [0.2, 0.25) is 0 Å². The van der Waals surface area contributed by atoms with Crippen LogP contribution in [-0.2, 0) is 4.74 Å². The van der Waals surface area contributed by atoms with E-state index in [1.165, 1.54) is 30.7 Å². The summed E-state index contributed by atoms with van der Waals surface area (Å²) in [6.07, 6.45) is 3.30. The van der Waals surface area contributed by atoms with Gasteiger partial charge in [-0.1, -0.05) is 6.07 Å². The zero-order chi connectivity index (χ0) is 22.2. The van der Waals surface area contributed by atoms with E-state index in [4.69, 9.17) is 4.74 Å². The fraction of sp³-hybridized carbons (Fsp3) is 0.364. The molecule has 1 saturated heterocycles. The van der Waals surface area contributed by atoms with Gasteiger partial charge in [0.05, 0.1) is 17.1 Å². The summed E-state index contributed by atoms with van der Waals surface area (Å²) in [5, 5.41) is 16.5. The highest BCUT2D eigenvalue weighted by molar-refractivity contribution is 6.06. The van der Waals surface area contributed by atoms with Crippen molar-refractivity contribution in [1.82, 2.24) is 5.32 Å². The lowest BCUT2D eigenvalue weighted by Crippen LogP contribution is -2.33. The highest BCUT2D eigenvalue weighted by atomic mass is 16.6. The van der Waals surface area contributed by atoms with Crippen molar-refractivity contribution < 1.29 is 19.2 Å². The normalized spacial score (nSPS) is 13.5. The summed E-state index contributed by atoms with van der Waals surface area (Å²) >= 11 is 0. The maximum absolute atomic E-state index is 12.8. The number of carbonyl (C=O) groups excluding carboxylic acids is 2. The maximum atomic E-state index is 12.8. The van der Waals surface area contributed by atoms with Crippen molar-refractivity contribution in [2.45, 2.75) is 19.3 Å². The molecule has 0 saturated carbocycles. The standard InChI is InChI=1S/C22H26N4O5/c1-31-13-10-23-22(28)19-15-17(8-9-20(19)25-11-3-2-4-12-25)24-21(27)16-6-5-7-18(14-16)26(29)30/h5-9,14-15H,2-4,10-13H2,1H3,(H,23,28)(H,24,27). The first kappa shape index (κ1) is 22.2. The molecule has 0 spiro atoms. The molecule has 0 aromatic heterocycles. The number of nitro benzene ring substituents is 1. The molecule has 2 amide bonds. The van der Waals surface area contributed by atoms with Crippen molar-refractivity contribution >= 4 is 28.9 Å². The van der Waals surface area contributed by atoms with Crippen LogP contribution in [-0.4, -0.2) is 50.1 Å². The second-order valence-electron chi connectivity index (χ2n) is 7.29. The van der Waals surface area contributed by atoms with Crippen molar-refractivity contribution in [1.29, 1.82) is 0 Å². The number of hydrogen-bond acceptors (Lipinski definition) is 6. The lowest BCUT2D eigenvalue weighted by atomic mass is 10.1. The number of hydrogen-bond donors (Lipinski definition) is 2. The lowest BCUT2D eigenvalue weighted by molar-refractivity contribution is -0.384. The third-order valence-corrected chi connectivity index (χ3v) is 5.11. The van der Waals surface area contributed by atoms with E-state index in [-0.39, 0.29) is 17.2 Å². The van der Waals surface area contributed by atoms with E-state index in [9.17, 15) is 19.7 Å². The molecule has 31 heavy (non-hydrogen) atoms. The van der Waals surface area contributed by atoms with Crippen LogP contribution in [0.4, 0.5) is 17.1 Å². The molecule has 1 heterocycles. The molecular weight excluding hydrogens is 400 g/mol. The first-order valence-corrected chi connectivity index (χ1v) is 10.2. The summed E-state index contributed by atoms with van der Waals surface area (Å²) in [6.45, 7) is 2.52. The Morgan fingerprint density at radius 3 is 2.58 bits per heavy atom. The van der Waals surface area contributed by atoms with Crippen LogP contribution in [0.25, 0.3) is 0 Å². The molecule has 1 aliphatic rings. The molecule has 2 aromatic rings. The fourth-order valence-electron chi connectivity index (χ4n) is 3.53. The largest absolute Gasteiger partial charge is 0.383 e. The molecule has 1 fully saturated rings. The van der Waals surface area contributed by atoms with Gasteiger partial charge in [0.1, 0.15) is 0 Å². The molecule has 1 aliphatic heterocycles. The van der Waals surface area contributed by atoms with E-state index in [1.807, 2.05) is 6.07 Å². The van der Waals surface area contributed by atoms with Gasteiger partial charge in [0.2, 0.25) is 0 Å². The minimum atomic E-state index is -0.549. The van der Waals surface area contributed by atoms with Gasteiger partial charge in [-0.05, 0) is 43.5 Å². The summed E-state index contributed by atoms with van der Waals surface area (Å²) in [5.74, 6) is -0.732. The molecule has 3 rings (SSSR count). The molecule has 164 valence electrons. The van der Waals surface area contributed by atoms with Crippen molar-refractivity contribution in [2.24, 2.45) is 0 Å². The molecule has 0 atom stereocenters. The van der Waals surface area contributed by atoms with E-state index in [0.29, 0.717) is 24.4 Å². The summed E-state index contributed by atoms with van der Waals surface area (Å²) in [7, 11) is 1.56. The Balaban J connectivity index is 1.84. The number of rotatable bonds is 8. The third-order valence-electron chi connectivity index (χ3n) is 5.11. The molecule has 0 bridgehead atoms. The quantitative estimate of drug-likeness (QED) is 0.381. The van der Waals surface area contributed by atoms with Gasteiger partial charge in [-0.25, -0.2) is 0 Å². The topological polar surface area (TPSA) is 114 Å². The average Bonchev–Trinajstić information content (AvgIpc) is 2.79. The minimum absolute atomic E-state index is 0.161. The Bertz CT molecular complexity index is 957. The molecule has 0 unspecified atom stereocenters. The number of ether oxygens (including phenoxy) is 1. The van der Waals surface area contributed by atoms with Crippen molar-refractivity contribution in [3.05, 3.63) is 63.7 Å². The number of piperidine rings is 1. The number of nitrogens with one attached hydrogen (secondary N) is 2. The number of methoxy groups -OCH3 is 1. The Morgan fingerprint density at radius 2 is 1.87 bits per heavy atom. The number of carbonyl (C=O) groups is 2. The molecule has 0 aliphatic carbocycles. The zero-order valence-electron chi connectivity index (χ0n) is 17.4. The van der Waals surface area contributed by atoms with Gasteiger partial charge >= 0.3 is 0 Å². The Labute approximate surface area is 180 Å². The summed E-state index contributed by atoms with van der Waals surface area (Å²) in [6, 6.07) is 10.7. The smallest absolute Gasteiger partial charge is 0.270 e. The number of nitrogens with zero attached hydrogens (tertiary/aromatic N) is 2. The number of amides is 2. The Hall–Kier alpha value is -3.46. The lowest BCUT2D eigenvalue weighted by Gasteiger charge is -2.30. The molecular formula is C22H26N4O5. The molecule has 2 aromatic carbocycles. The van der Waals surface area contributed by atoms with E-state index in [1.54, 1.807) is 19.2 Å². The molecule has 0 radical (unpaired) electrons. The van der Waals surface area contributed by atoms with Gasteiger partial charge in [-0.3, -0.25) is 19.7 Å². The van der Waals surface area contributed by atoms with Gasteiger partial charge in [0, 0.05) is 55.8 Å². The van der Waals surface area contributed by atoms with Gasteiger partial charge in [0.25, 0.3) is 17.5 Å². The van der Waals surface area contributed by atoms with Crippen LogP contribution in [0, 0.1) is 10.1 Å². The van der Waals surface area contributed by atoms with Crippen molar-refractivity contribution in [2.75, 3.05) is 43.6 Å². The Morgan fingerprint density at radius 1 is 1.10 bits per heavy atom. The van der Waals surface area contributed by atoms with Crippen LogP contribution in [0.1, 0.15) is 40.0 Å². The Kier molecular flexibility index (Phi) is 7.55. The molecule has 2 N–H and O–H groups in total. The van der Waals surface area contributed by atoms with Crippen molar-refractivity contribution in [3.63, 3.8) is 0 Å². The highest BCUT2D eigenvalue weighted by Crippen LogP contribution is 2.27. The second-order valence-corrected chi connectivity index (χ2v) is 7.29. The maximum Gasteiger partial charge on any atom is 0.270 e. The highest BCUT2D eigenvalue weighted by Gasteiger charge is 2.20. The first-order chi connectivity index (χ1) is 15.0. The summed E-state index contributed by atoms with van der Waals surface area (Å²) < 4.78 is 5.00. The van der Waals surface area contributed by atoms with Gasteiger partial charge in [0.15, 0.2) is 0 Å². The predicted octanol–water partition coefficient (Wildman–Crippen LogP) is 3.21. The molecule has 9 heteroatoms.